The quantitative estimate of drug-likeness (QED) is 0.485. The van der Waals surface area contributed by atoms with Gasteiger partial charge >= 0.3 is 5.97 Å². The second-order valence-corrected chi connectivity index (χ2v) is 8.90. The summed E-state index contributed by atoms with van der Waals surface area (Å²) < 4.78 is 5.28. The monoisotopic (exact) mass is 420 g/mol. The Morgan fingerprint density at radius 1 is 1.23 bits per heavy atom. The number of nitrogens with zero attached hydrogens (tertiary/aromatic N) is 1. The molecule has 0 bridgehead atoms. The van der Waals surface area contributed by atoms with Gasteiger partial charge in [0.25, 0.3) is 0 Å². The zero-order valence-electron chi connectivity index (χ0n) is 18.4. The van der Waals surface area contributed by atoms with Crippen molar-refractivity contribution in [3.05, 3.63) is 12.2 Å². The summed E-state index contributed by atoms with van der Waals surface area (Å²) in [5.41, 5.74) is 0. The molecule has 168 valence electrons. The third-order valence-electron chi connectivity index (χ3n) is 7.06. The van der Waals surface area contributed by atoms with Crippen LogP contribution in [0.25, 0.3) is 0 Å². The molecule has 1 saturated heterocycles. The van der Waals surface area contributed by atoms with Gasteiger partial charge in [-0.05, 0) is 32.1 Å². The Kier molecular flexibility index (Phi) is 7.55. The second-order valence-electron chi connectivity index (χ2n) is 8.90. The fourth-order valence-corrected chi connectivity index (χ4v) is 5.48. The van der Waals surface area contributed by atoms with Gasteiger partial charge in [-0.1, -0.05) is 45.3 Å². The molecular formula is C23H36N2O5. The minimum atomic E-state index is -0.706. The number of ether oxygens (including phenoxy) is 1. The number of esters is 1. The molecule has 0 radical (unpaired) electrons. The number of likely N-dealkylation sites (tertiary alicyclic amines) is 1. The number of carbonyl (C=O) groups excluding carboxylic acids is 3. The van der Waals surface area contributed by atoms with Crippen LogP contribution in [0.3, 0.4) is 0 Å². The number of fused-ring (bicyclic) bond motifs is 1. The topological polar surface area (TPSA) is 95.9 Å². The molecule has 0 aromatic carbocycles. The number of amides is 2. The molecular weight excluding hydrogens is 384 g/mol. The molecule has 0 aromatic heterocycles. The standard InChI is InChI=1S/C23H36N2O5/c1-4-16(13-26)25-20(21(27)24-15-9-7-6-8-10-15)17-12-11-14(3)18(19(17)22(25)28)23(29)30-5-2/h11-12,14-20,26H,4-10,13H2,1-3H3,(H,24,27)/t14-,16+,17+,18-,19+,20+/m1/s1. The number of carbonyl (C=O) groups is 3. The van der Waals surface area contributed by atoms with Crippen molar-refractivity contribution in [3.63, 3.8) is 0 Å². The van der Waals surface area contributed by atoms with Crippen molar-refractivity contribution in [2.24, 2.45) is 23.7 Å². The molecule has 2 fully saturated rings. The summed E-state index contributed by atoms with van der Waals surface area (Å²) in [5, 5.41) is 13.1. The number of hydrogen-bond donors (Lipinski definition) is 2. The number of hydrogen-bond acceptors (Lipinski definition) is 5. The summed E-state index contributed by atoms with van der Waals surface area (Å²) in [7, 11) is 0. The SMILES string of the molecule is CCOC(=O)[C@H]1[C@H]2C(=O)N([C@@H](CC)CO)[C@H](C(=O)NC3CCCCC3)[C@H]2C=C[C@H]1C. The van der Waals surface area contributed by atoms with Crippen LogP contribution in [0.15, 0.2) is 12.2 Å². The van der Waals surface area contributed by atoms with Crippen molar-refractivity contribution in [3.8, 4) is 0 Å². The number of allylic oxidation sites excluding steroid dienone is 1. The molecule has 1 heterocycles. The van der Waals surface area contributed by atoms with Gasteiger partial charge in [-0.25, -0.2) is 0 Å². The van der Waals surface area contributed by atoms with E-state index in [-0.39, 0.29) is 43.0 Å². The Hall–Kier alpha value is -1.89. The first kappa shape index (κ1) is 22.8. The van der Waals surface area contributed by atoms with Gasteiger partial charge in [-0.2, -0.15) is 0 Å². The maximum atomic E-state index is 13.6. The smallest absolute Gasteiger partial charge is 0.310 e. The van der Waals surface area contributed by atoms with E-state index in [0.717, 1.165) is 25.7 Å². The fraction of sp³-hybridized carbons (Fsp3) is 0.783. The van der Waals surface area contributed by atoms with E-state index in [4.69, 9.17) is 4.74 Å². The Morgan fingerprint density at radius 3 is 2.53 bits per heavy atom. The van der Waals surface area contributed by atoms with Crippen LogP contribution in [-0.2, 0) is 19.1 Å². The summed E-state index contributed by atoms with van der Waals surface area (Å²) in [4.78, 5) is 41.3. The van der Waals surface area contributed by atoms with Gasteiger partial charge in [0, 0.05) is 12.0 Å². The summed E-state index contributed by atoms with van der Waals surface area (Å²) in [6.07, 6.45) is 9.69. The van der Waals surface area contributed by atoms with Crippen molar-refractivity contribution < 1.29 is 24.2 Å². The van der Waals surface area contributed by atoms with Crippen LogP contribution in [0.4, 0.5) is 0 Å². The lowest BCUT2D eigenvalue weighted by Crippen LogP contribution is -2.54. The molecule has 7 nitrogen and oxygen atoms in total. The van der Waals surface area contributed by atoms with Crippen molar-refractivity contribution >= 4 is 17.8 Å². The third-order valence-corrected chi connectivity index (χ3v) is 7.06. The molecule has 1 saturated carbocycles. The Morgan fingerprint density at radius 2 is 1.93 bits per heavy atom. The third kappa shape index (κ3) is 4.27. The normalized spacial score (nSPS) is 32.6. The highest BCUT2D eigenvalue weighted by molar-refractivity contribution is 5.96. The van der Waals surface area contributed by atoms with Crippen LogP contribution in [0.5, 0.6) is 0 Å². The van der Waals surface area contributed by atoms with Crippen LogP contribution in [0, 0.1) is 23.7 Å². The zero-order valence-corrected chi connectivity index (χ0v) is 18.4. The van der Waals surface area contributed by atoms with E-state index in [2.05, 4.69) is 5.32 Å². The lowest BCUT2D eigenvalue weighted by atomic mass is 9.70. The molecule has 0 aromatic rings. The van der Waals surface area contributed by atoms with E-state index in [1.807, 2.05) is 26.0 Å². The van der Waals surface area contributed by atoms with Crippen LogP contribution in [0.2, 0.25) is 0 Å². The number of rotatable bonds is 7. The number of nitrogens with one attached hydrogen (secondary N) is 1. The molecule has 6 atom stereocenters. The molecule has 3 aliphatic rings. The highest BCUT2D eigenvalue weighted by atomic mass is 16.5. The minimum absolute atomic E-state index is 0.129. The van der Waals surface area contributed by atoms with Crippen molar-refractivity contribution in [1.82, 2.24) is 10.2 Å². The number of aliphatic hydroxyl groups is 1. The lowest BCUT2D eigenvalue weighted by Gasteiger charge is -2.34. The van der Waals surface area contributed by atoms with Gasteiger partial charge in [0.15, 0.2) is 0 Å². The first-order chi connectivity index (χ1) is 14.4. The minimum Gasteiger partial charge on any atom is -0.466 e. The summed E-state index contributed by atoms with van der Waals surface area (Å²) in [6.45, 7) is 5.60. The van der Waals surface area contributed by atoms with Gasteiger partial charge in [0.2, 0.25) is 11.8 Å². The predicted octanol–water partition coefficient (Wildman–Crippen LogP) is 2.03. The van der Waals surface area contributed by atoms with E-state index in [9.17, 15) is 19.5 Å². The Bertz CT molecular complexity index is 669. The maximum absolute atomic E-state index is 13.6. The van der Waals surface area contributed by atoms with Gasteiger partial charge < -0.3 is 20.1 Å². The molecule has 0 unspecified atom stereocenters. The first-order valence-electron chi connectivity index (χ1n) is 11.5. The van der Waals surface area contributed by atoms with Crippen molar-refractivity contribution in [1.29, 1.82) is 0 Å². The molecule has 30 heavy (non-hydrogen) atoms. The zero-order chi connectivity index (χ0) is 21.8. The van der Waals surface area contributed by atoms with Gasteiger partial charge in [0.05, 0.1) is 31.1 Å². The second kappa shape index (κ2) is 9.94. The Balaban J connectivity index is 1.93. The van der Waals surface area contributed by atoms with E-state index in [1.165, 1.54) is 6.42 Å². The molecule has 2 N–H and O–H groups in total. The summed E-state index contributed by atoms with van der Waals surface area (Å²) >= 11 is 0. The molecule has 7 heteroatoms. The van der Waals surface area contributed by atoms with Crippen LogP contribution in [0.1, 0.15) is 59.3 Å². The lowest BCUT2D eigenvalue weighted by molar-refractivity contribution is -0.155. The Labute approximate surface area is 179 Å². The first-order valence-corrected chi connectivity index (χ1v) is 11.5. The summed E-state index contributed by atoms with van der Waals surface area (Å²) in [6, 6.07) is -1.03. The molecule has 3 rings (SSSR count). The van der Waals surface area contributed by atoms with Crippen LogP contribution >= 0.6 is 0 Å². The number of aliphatic hydroxyl groups excluding tert-OH is 1. The maximum Gasteiger partial charge on any atom is 0.310 e. The molecule has 1 aliphatic heterocycles. The summed E-state index contributed by atoms with van der Waals surface area (Å²) in [5.74, 6) is -2.57. The molecule has 2 amide bonds. The van der Waals surface area contributed by atoms with E-state index < -0.39 is 29.8 Å². The molecule has 2 aliphatic carbocycles. The van der Waals surface area contributed by atoms with Crippen LogP contribution in [-0.4, -0.2) is 59.1 Å². The predicted molar refractivity (Wildman–Crippen MR) is 112 cm³/mol. The van der Waals surface area contributed by atoms with E-state index in [1.54, 1.807) is 11.8 Å². The largest absolute Gasteiger partial charge is 0.466 e. The van der Waals surface area contributed by atoms with Crippen molar-refractivity contribution in [2.45, 2.75) is 77.4 Å². The highest BCUT2D eigenvalue weighted by Crippen LogP contribution is 2.45. The fourth-order valence-electron chi connectivity index (χ4n) is 5.48. The van der Waals surface area contributed by atoms with Gasteiger partial charge in [0.1, 0.15) is 6.04 Å². The van der Waals surface area contributed by atoms with Gasteiger partial charge in [-0.15, -0.1) is 0 Å². The highest BCUT2D eigenvalue weighted by Gasteiger charge is 2.58. The average Bonchev–Trinajstić information content (AvgIpc) is 3.02. The van der Waals surface area contributed by atoms with Crippen LogP contribution < -0.4 is 5.32 Å². The molecule has 0 spiro atoms. The van der Waals surface area contributed by atoms with Crippen molar-refractivity contribution in [2.75, 3.05) is 13.2 Å². The van der Waals surface area contributed by atoms with E-state index >= 15 is 0 Å². The van der Waals surface area contributed by atoms with Gasteiger partial charge in [-0.3, -0.25) is 14.4 Å². The average molecular weight is 421 g/mol. The van der Waals surface area contributed by atoms with E-state index in [0.29, 0.717) is 6.42 Å².